The molecule has 0 spiro atoms. The molecule has 24 heavy (non-hydrogen) atoms. The molecule has 0 aliphatic heterocycles. The van der Waals surface area contributed by atoms with Crippen LogP contribution in [0.1, 0.15) is 5.56 Å². The minimum atomic E-state index is -4.10. The Morgan fingerprint density at radius 1 is 1.29 bits per heavy atom. The van der Waals surface area contributed by atoms with Crippen molar-refractivity contribution < 1.29 is 17.2 Å². The lowest BCUT2D eigenvalue weighted by molar-refractivity contribution is 0.527. The maximum Gasteiger partial charge on any atom is 0.419 e. The Bertz CT molecular complexity index is 1120. The summed E-state index contributed by atoms with van der Waals surface area (Å²) in [6, 6.07) is 6.54. The van der Waals surface area contributed by atoms with Gasteiger partial charge in [-0.15, -0.1) is 0 Å². The molecule has 1 heterocycles. The van der Waals surface area contributed by atoms with Crippen LogP contribution in [-0.2, 0) is 17.1 Å². The smallest absolute Gasteiger partial charge is 0.408 e. The van der Waals surface area contributed by atoms with E-state index >= 15 is 0 Å². The summed E-state index contributed by atoms with van der Waals surface area (Å²) in [5, 5.41) is -0.0829. The fourth-order valence-corrected chi connectivity index (χ4v) is 3.91. The molecular weight excluding hydrogens is 359 g/mol. The van der Waals surface area contributed by atoms with Gasteiger partial charge in [0, 0.05) is 18.7 Å². The molecule has 1 aromatic heterocycles. The number of fused-ring (bicyclic) bond motifs is 1. The number of sulfonamides is 1. The zero-order valence-electron chi connectivity index (χ0n) is 12.6. The highest BCUT2D eigenvalue weighted by Gasteiger charge is 2.22. The van der Waals surface area contributed by atoms with Crippen molar-refractivity contribution in [2.75, 3.05) is 4.72 Å². The summed E-state index contributed by atoms with van der Waals surface area (Å²) in [5.41, 5.74) is 0.708. The molecule has 0 saturated heterocycles. The Morgan fingerprint density at radius 2 is 2.00 bits per heavy atom. The number of aromatic nitrogens is 1. The molecule has 0 bridgehead atoms. The molecule has 0 fully saturated rings. The van der Waals surface area contributed by atoms with Crippen molar-refractivity contribution in [1.29, 1.82) is 0 Å². The number of hydrogen-bond acceptors (Lipinski definition) is 4. The van der Waals surface area contributed by atoms with Gasteiger partial charge in [-0.2, -0.15) is 0 Å². The Hall–Kier alpha value is -2.32. The van der Waals surface area contributed by atoms with Gasteiger partial charge in [0.2, 0.25) is 0 Å². The van der Waals surface area contributed by atoms with E-state index in [1.807, 2.05) is 0 Å². The van der Waals surface area contributed by atoms with E-state index in [2.05, 4.69) is 4.72 Å². The summed E-state index contributed by atoms with van der Waals surface area (Å²) in [7, 11) is -2.62. The van der Waals surface area contributed by atoms with E-state index in [4.69, 9.17) is 16.0 Å². The predicted octanol–water partition coefficient (Wildman–Crippen LogP) is 3.03. The molecule has 9 heteroatoms. The Labute approximate surface area is 141 Å². The first-order valence-electron chi connectivity index (χ1n) is 6.78. The topological polar surface area (TPSA) is 81.3 Å². The molecule has 0 saturated carbocycles. The number of hydrogen-bond donors (Lipinski definition) is 1. The molecule has 0 atom stereocenters. The largest absolute Gasteiger partial charge is 0.419 e. The van der Waals surface area contributed by atoms with E-state index in [9.17, 15) is 17.6 Å². The molecule has 3 aromatic rings. The van der Waals surface area contributed by atoms with Crippen LogP contribution in [-0.4, -0.2) is 13.0 Å². The van der Waals surface area contributed by atoms with Crippen LogP contribution in [0.25, 0.3) is 11.1 Å². The lowest BCUT2D eigenvalue weighted by Crippen LogP contribution is -2.14. The van der Waals surface area contributed by atoms with Crippen LogP contribution in [0.2, 0.25) is 5.02 Å². The van der Waals surface area contributed by atoms with Gasteiger partial charge in [0.1, 0.15) is 10.7 Å². The highest BCUT2D eigenvalue weighted by molar-refractivity contribution is 7.92. The van der Waals surface area contributed by atoms with Gasteiger partial charge in [0.25, 0.3) is 10.0 Å². The number of nitrogens with one attached hydrogen (secondary N) is 1. The third-order valence-electron chi connectivity index (χ3n) is 3.65. The number of halogens is 2. The first kappa shape index (κ1) is 16.5. The Morgan fingerprint density at radius 3 is 2.71 bits per heavy atom. The van der Waals surface area contributed by atoms with E-state index in [0.29, 0.717) is 5.52 Å². The summed E-state index contributed by atoms with van der Waals surface area (Å²) < 4.78 is 47.2. The Kier molecular flexibility index (Phi) is 3.89. The molecule has 2 aromatic carbocycles. The SMILES string of the molecule is Cc1c(F)cccc1NS(=O)(=O)c1cc2oc(=O)n(C)c2cc1Cl. The number of benzene rings is 2. The lowest BCUT2D eigenvalue weighted by Gasteiger charge is -2.12. The molecule has 0 unspecified atom stereocenters. The van der Waals surface area contributed by atoms with Crippen molar-refractivity contribution in [2.45, 2.75) is 11.8 Å². The van der Waals surface area contributed by atoms with Crippen LogP contribution >= 0.6 is 11.6 Å². The van der Waals surface area contributed by atoms with E-state index in [1.54, 1.807) is 0 Å². The van der Waals surface area contributed by atoms with Crippen molar-refractivity contribution in [3.05, 3.63) is 57.3 Å². The van der Waals surface area contributed by atoms with Crippen molar-refractivity contribution in [3.63, 3.8) is 0 Å². The van der Waals surface area contributed by atoms with Gasteiger partial charge in [-0.3, -0.25) is 9.29 Å². The van der Waals surface area contributed by atoms with Crippen molar-refractivity contribution >= 4 is 38.4 Å². The van der Waals surface area contributed by atoms with E-state index in [1.165, 1.54) is 42.8 Å². The molecular formula is C15H12ClFN2O4S. The average molecular weight is 371 g/mol. The third kappa shape index (κ3) is 2.67. The minimum Gasteiger partial charge on any atom is -0.408 e. The standard InChI is InChI=1S/C15H12ClFN2O4S/c1-8-10(17)4-3-5-11(8)18-24(21,22)14-7-13-12(6-9(14)16)19(2)15(20)23-13/h3-7,18H,1-2H3. The number of oxazole rings is 1. The van der Waals surface area contributed by atoms with Gasteiger partial charge in [0.05, 0.1) is 16.2 Å². The first-order valence-corrected chi connectivity index (χ1v) is 8.64. The number of aryl methyl sites for hydroxylation is 1. The summed E-state index contributed by atoms with van der Waals surface area (Å²) in [6.45, 7) is 1.45. The second-order valence-electron chi connectivity index (χ2n) is 5.20. The molecule has 0 amide bonds. The van der Waals surface area contributed by atoms with Crippen LogP contribution < -0.4 is 10.5 Å². The van der Waals surface area contributed by atoms with Crippen LogP contribution in [0.4, 0.5) is 10.1 Å². The maximum atomic E-state index is 13.6. The summed E-state index contributed by atoms with van der Waals surface area (Å²) in [6.07, 6.45) is 0. The fourth-order valence-electron chi connectivity index (χ4n) is 2.25. The van der Waals surface area contributed by atoms with Crippen molar-refractivity contribution in [2.24, 2.45) is 7.05 Å². The van der Waals surface area contributed by atoms with Crippen LogP contribution in [0.3, 0.4) is 0 Å². The van der Waals surface area contributed by atoms with Crippen LogP contribution in [0.15, 0.2) is 44.4 Å². The van der Waals surface area contributed by atoms with Crippen LogP contribution in [0, 0.1) is 12.7 Å². The molecule has 1 N–H and O–H groups in total. The minimum absolute atomic E-state index is 0.0829. The number of anilines is 1. The van der Waals surface area contributed by atoms with Crippen molar-refractivity contribution in [1.82, 2.24) is 4.57 Å². The monoisotopic (exact) mass is 370 g/mol. The van der Waals surface area contributed by atoms with Crippen molar-refractivity contribution in [3.8, 4) is 0 Å². The highest BCUT2D eigenvalue weighted by atomic mass is 35.5. The first-order chi connectivity index (χ1) is 11.2. The number of rotatable bonds is 3. The zero-order valence-corrected chi connectivity index (χ0v) is 14.2. The van der Waals surface area contributed by atoms with Crippen LogP contribution in [0.5, 0.6) is 0 Å². The zero-order chi connectivity index (χ0) is 17.6. The molecule has 0 radical (unpaired) electrons. The quantitative estimate of drug-likeness (QED) is 0.768. The van der Waals surface area contributed by atoms with Gasteiger partial charge in [-0.25, -0.2) is 17.6 Å². The molecule has 6 nitrogen and oxygen atoms in total. The normalized spacial score (nSPS) is 11.8. The second kappa shape index (κ2) is 5.64. The second-order valence-corrected chi connectivity index (χ2v) is 7.25. The van der Waals surface area contributed by atoms with Gasteiger partial charge in [-0.05, 0) is 25.1 Å². The summed E-state index contributed by atoms with van der Waals surface area (Å²) in [5.74, 6) is -1.17. The summed E-state index contributed by atoms with van der Waals surface area (Å²) >= 11 is 6.06. The molecule has 3 rings (SSSR count). The lowest BCUT2D eigenvalue weighted by atomic mass is 10.2. The maximum absolute atomic E-state index is 13.6. The third-order valence-corrected chi connectivity index (χ3v) is 5.48. The predicted molar refractivity (Wildman–Crippen MR) is 88.4 cm³/mol. The van der Waals surface area contributed by atoms with Gasteiger partial charge in [0.15, 0.2) is 5.58 Å². The molecule has 0 aliphatic rings. The average Bonchev–Trinajstić information content (AvgIpc) is 2.78. The number of nitrogens with zero attached hydrogens (tertiary/aromatic N) is 1. The van der Waals surface area contributed by atoms with E-state index < -0.39 is 21.6 Å². The highest BCUT2D eigenvalue weighted by Crippen LogP contribution is 2.29. The molecule has 126 valence electrons. The summed E-state index contributed by atoms with van der Waals surface area (Å²) in [4.78, 5) is 11.3. The van der Waals surface area contributed by atoms with E-state index in [-0.39, 0.29) is 26.8 Å². The van der Waals surface area contributed by atoms with E-state index in [0.717, 1.165) is 6.07 Å². The van der Waals surface area contributed by atoms with Gasteiger partial charge in [-0.1, -0.05) is 17.7 Å². The van der Waals surface area contributed by atoms with Gasteiger partial charge < -0.3 is 4.42 Å². The van der Waals surface area contributed by atoms with Gasteiger partial charge >= 0.3 is 5.76 Å². The fraction of sp³-hybridized carbons (Fsp3) is 0.133. The molecule has 0 aliphatic carbocycles. The Balaban J connectivity index is 2.13.